The van der Waals surface area contributed by atoms with Crippen molar-refractivity contribution in [2.45, 2.75) is 6.92 Å². The third kappa shape index (κ3) is 3.06. The number of aryl methyl sites for hydroxylation is 1. The second kappa shape index (κ2) is 5.62. The first-order valence-corrected chi connectivity index (χ1v) is 6.05. The molecule has 4 heteroatoms. The van der Waals surface area contributed by atoms with Gasteiger partial charge in [-0.1, -0.05) is 35.9 Å². The number of benzene rings is 2. The van der Waals surface area contributed by atoms with Gasteiger partial charge in [0.1, 0.15) is 0 Å². The average Bonchev–Trinajstić information content (AvgIpc) is 2.40. The van der Waals surface area contributed by atoms with Gasteiger partial charge < -0.3 is 5.32 Å². The van der Waals surface area contributed by atoms with Crippen LogP contribution in [0.25, 0.3) is 0 Å². The van der Waals surface area contributed by atoms with Crippen LogP contribution >= 0.6 is 12.2 Å². The van der Waals surface area contributed by atoms with E-state index in [0.29, 0.717) is 5.11 Å². The van der Waals surface area contributed by atoms with Crippen molar-refractivity contribution in [3.05, 3.63) is 60.2 Å². The highest BCUT2D eigenvalue weighted by molar-refractivity contribution is 7.80. The van der Waals surface area contributed by atoms with Crippen LogP contribution in [0.15, 0.2) is 54.6 Å². The molecule has 2 rings (SSSR count). The van der Waals surface area contributed by atoms with Crippen LogP contribution in [-0.4, -0.2) is 5.11 Å². The number of para-hydroxylation sites is 1. The Morgan fingerprint density at radius 1 is 1.06 bits per heavy atom. The van der Waals surface area contributed by atoms with E-state index in [0.717, 1.165) is 11.4 Å². The van der Waals surface area contributed by atoms with E-state index in [4.69, 9.17) is 18.1 Å². The first kappa shape index (κ1) is 12.5. The molecule has 0 amide bonds. The lowest BCUT2D eigenvalue weighted by molar-refractivity contribution is 1.14. The van der Waals surface area contributed by atoms with Gasteiger partial charge in [-0.3, -0.25) is 5.01 Å². The molecule has 0 saturated heterocycles. The minimum Gasteiger partial charge on any atom is -0.331 e. The molecule has 0 bridgehead atoms. The van der Waals surface area contributed by atoms with E-state index in [2.05, 4.69) is 5.32 Å². The Morgan fingerprint density at radius 3 is 2.28 bits per heavy atom. The number of anilines is 2. The predicted molar refractivity (Wildman–Crippen MR) is 80.5 cm³/mol. The largest absolute Gasteiger partial charge is 0.331 e. The van der Waals surface area contributed by atoms with E-state index in [1.807, 2.05) is 61.5 Å². The van der Waals surface area contributed by atoms with Crippen molar-refractivity contribution in [3.8, 4) is 0 Å². The fourth-order valence-electron chi connectivity index (χ4n) is 1.53. The summed E-state index contributed by atoms with van der Waals surface area (Å²) >= 11 is 5.26. The van der Waals surface area contributed by atoms with Gasteiger partial charge in [-0.05, 0) is 43.4 Å². The van der Waals surface area contributed by atoms with Gasteiger partial charge in [-0.2, -0.15) is 0 Å². The number of nitrogens with one attached hydrogen (secondary N) is 1. The second-order valence-corrected chi connectivity index (χ2v) is 4.39. The van der Waals surface area contributed by atoms with Crippen molar-refractivity contribution in [2.75, 3.05) is 10.3 Å². The molecule has 0 unspecified atom stereocenters. The molecule has 0 aliphatic rings. The highest BCUT2D eigenvalue weighted by Crippen LogP contribution is 2.14. The molecule has 3 N–H and O–H groups in total. The summed E-state index contributed by atoms with van der Waals surface area (Å²) < 4.78 is 0. The standard InChI is InChI=1S/C14H15N3S/c1-11-7-9-13(10-8-11)17(15)14(18)16-12-5-3-2-4-6-12/h2-10H,15H2,1H3,(H,16,18). The number of hydrogen-bond acceptors (Lipinski definition) is 2. The maximum absolute atomic E-state index is 5.97. The highest BCUT2D eigenvalue weighted by Gasteiger charge is 2.07. The Balaban J connectivity index is 2.07. The molecule has 3 nitrogen and oxygen atoms in total. The lowest BCUT2D eigenvalue weighted by Gasteiger charge is -2.20. The number of nitrogens with zero attached hydrogens (tertiary/aromatic N) is 1. The van der Waals surface area contributed by atoms with Gasteiger partial charge in [0.05, 0.1) is 5.69 Å². The van der Waals surface area contributed by atoms with Crippen molar-refractivity contribution in [1.29, 1.82) is 0 Å². The van der Waals surface area contributed by atoms with Crippen LogP contribution in [0.2, 0.25) is 0 Å². The van der Waals surface area contributed by atoms with E-state index < -0.39 is 0 Å². The van der Waals surface area contributed by atoms with Crippen LogP contribution in [0.1, 0.15) is 5.56 Å². The third-order valence-corrected chi connectivity index (χ3v) is 2.85. The summed E-state index contributed by atoms with van der Waals surface area (Å²) in [4.78, 5) is 0. The minimum absolute atomic E-state index is 0.463. The third-order valence-electron chi connectivity index (χ3n) is 2.56. The number of thiocarbonyl (C=S) groups is 1. The Morgan fingerprint density at radius 2 is 1.67 bits per heavy atom. The summed E-state index contributed by atoms with van der Waals surface area (Å²) in [6, 6.07) is 17.6. The van der Waals surface area contributed by atoms with Crippen LogP contribution in [0.3, 0.4) is 0 Å². The van der Waals surface area contributed by atoms with E-state index in [9.17, 15) is 0 Å². The van der Waals surface area contributed by atoms with Crippen LogP contribution in [0.4, 0.5) is 11.4 Å². The summed E-state index contributed by atoms with van der Waals surface area (Å²) in [6.07, 6.45) is 0. The van der Waals surface area contributed by atoms with Crippen LogP contribution < -0.4 is 16.2 Å². The maximum Gasteiger partial charge on any atom is 0.192 e. The van der Waals surface area contributed by atoms with E-state index in [-0.39, 0.29) is 0 Å². The molecule has 0 saturated carbocycles. The molecule has 0 fully saturated rings. The molecule has 0 spiro atoms. The Kier molecular flexibility index (Phi) is 3.92. The first-order chi connectivity index (χ1) is 8.66. The molecular formula is C14H15N3S. The van der Waals surface area contributed by atoms with Gasteiger partial charge in [0.2, 0.25) is 0 Å². The predicted octanol–water partition coefficient (Wildman–Crippen LogP) is 3.07. The molecule has 0 atom stereocenters. The monoisotopic (exact) mass is 257 g/mol. The normalized spacial score (nSPS) is 9.89. The zero-order chi connectivity index (χ0) is 13.0. The van der Waals surface area contributed by atoms with Gasteiger partial charge in [0.25, 0.3) is 0 Å². The molecule has 0 aliphatic carbocycles. The van der Waals surface area contributed by atoms with Crippen molar-refractivity contribution in [3.63, 3.8) is 0 Å². The Bertz CT molecular complexity index is 522. The average molecular weight is 257 g/mol. The molecule has 0 aromatic heterocycles. The SMILES string of the molecule is Cc1ccc(N(N)C(=S)Nc2ccccc2)cc1. The number of rotatable bonds is 2. The number of nitrogens with two attached hydrogens (primary N) is 1. The molecule has 0 aliphatic heterocycles. The zero-order valence-corrected chi connectivity index (χ0v) is 10.9. The molecule has 2 aromatic rings. The summed E-state index contributed by atoms with van der Waals surface area (Å²) in [5.74, 6) is 5.97. The van der Waals surface area contributed by atoms with Crippen molar-refractivity contribution >= 4 is 28.7 Å². The van der Waals surface area contributed by atoms with E-state index in [1.54, 1.807) is 0 Å². The summed E-state index contributed by atoms with van der Waals surface area (Å²) in [7, 11) is 0. The summed E-state index contributed by atoms with van der Waals surface area (Å²) in [5.41, 5.74) is 2.97. The summed E-state index contributed by atoms with van der Waals surface area (Å²) in [5, 5.41) is 5.01. The van der Waals surface area contributed by atoms with Crippen molar-refractivity contribution in [1.82, 2.24) is 0 Å². The van der Waals surface area contributed by atoms with E-state index >= 15 is 0 Å². The Hall–Kier alpha value is -1.91. The van der Waals surface area contributed by atoms with Gasteiger partial charge in [0, 0.05) is 5.69 Å². The van der Waals surface area contributed by atoms with Crippen molar-refractivity contribution in [2.24, 2.45) is 5.84 Å². The van der Waals surface area contributed by atoms with E-state index in [1.165, 1.54) is 10.6 Å². The quantitative estimate of drug-likeness (QED) is 0.493. The first-order valence-electron chi connectivity index (χ1n) is 5.64. The Labute approximate surface area is 112 Å². The molecule has 92 valence electrons. The zero-order valence-electron chi connectivity index (χ0n) is 10.1. The molecular weight excluding hydrogens is 242 g/mol. The van der Waals surface area contributed by atoms with Gasteiger partial charge >= 0.3 is 0 Å². The summed E-state index contributed by atoms with van der Waals surface area (Å²) in [6.45, 7) is 2.03. The molecule has 18 heavy (non-hydrogen) atoms. The smallest absolute Gasteiger partial charge is 0.192 e. The fraction of sp³-hybridized carbons (Fsp3) is 0.0714. The van der Waals surface area contributed by atoms with Gasteiger partial charge in [-0.25, -0.2) is 5.84 Å². The highest BCUT2D eigenvalue weighted by atomic mass is 32.1. The van der Waals surface area contributed by atoms with Crippen molar-refractivity contribution < 1.29 is 0 Å². The van der Waals surface area contributed by atoms with Gasteiger partial charge in [0.15, 0.2) is 5.11 Å². The molecule has 0 radical (unpaired) electrons. The van der Waals surface area contributed by atoms with Crippen LogP contribution in [0, 0.1) is 6.92 Å². The topological polar surface area (TPSA) is 41.3 Å². The molecule has 2 aromatic carbocycles. The maximum atomic E-state index is 5.97. The van der Waals surface area contributed by atoms with Crippen LogP contribution in [0.5, 0.6) is 0 Å². The molecule has 0 heterocycles. The fourth-order valence-corrected chi connectivity index (χ4v) is 1.75. The number of hydrogen-bond donors (Lipinski definition) is 2. The lowest BCUT2D eigenvalue weighted by atomic mass is 10.2. The van der Waals surface area contributed by atoms with Gasteiger partial charge in [-0.15, -0.1) is 0 Å². The number of hydrazine groups is 1. The minimum atomic E-state index is 0.463. The second-order valence-electron chi connectivity index (χ2n) is 4.00. The van der Waals surface area contributed by atoms with Crippen LogP contribution in [-0.2, 0) is 0 Å². The lowest BCUT2D eigenvalue weighted by Crippen LogP contribution is -2.40.